The maximum atomic E-state index is 6.00. The minimum Gasteiger partial charge on any atom is -0.276 e. The Morgan fingerprint density at radius 2 is 2.17 bits per heavy atom. The summed E-state index contributed by atoms with van der Waals surface area (Å²) in [5.74, 6) is 0. The number of nitrogens with zero attached hydrogens (tertiary/aromatic N) is 1. The lowest BCUT2D eigenvalue weighted by molar-refractivity contribution is 1.12. The van der Waals surface area contributed by atoms with Gasteiger partial charge in [-0.1, -0.05) is 11.6 Å². The molecule has 0 aliphatic heterocycles. The topological polar surface area (TPSA) is 28.7 Å². The van der Waals surface area contributed by atoms with Crippen LogP contribution in [0.25, 0.3) is 10.9 Å². The summed E-state index contributed by atoms with van der Waals surface area (Å²) in [6, 6.07) is 1.96. The number of aryl methyl sites for hydroxylation is 2. The van der Waals surface area contributed by atoms with Crippen LogP contribution in [0.1, 0.15) is 11.1 Å². The highest BCUT2D eigenvalue weighted by Gasteiger charge is 2.05. The molecule has 2 aromatic rings. The zero-order chi connectivity index (χ0) is 8.72. The SMILES string of the molecule is Cc1cc(Cl)c2[nH]ncc2c1C. The molecule has 0 fully saturated rings. The van der Waals surface area contributed by atoms with Gasteiger partial charge in [-0.25, -0.2) is 0 Å². The van der Waals surface area contributed by atoms with Gasteiger partial charge in [-0.2, -0.15) is 5.10 Å². The molecule has 1 aromatic carbocycles. The second-order valence-electron chi connectivity index (χ2n) is 2.96. The Labute approximate surface area is 75.5 Å². The van der Waals surface area contributed by atoms with Crippen molar-refractivity contribution in [1.82, 2.24) is 10.2 Å². The van der Waals surface area contributed by atoms with E-state index in [0.29, 0.717) is 0 Å². The minimum absolute atomic E-state index is 0.741. The van der Waals surface area contributed by atoms with E-state index in [1.807, 2.05) is 19.2 Å². The number of rotatable bonds is 0. The number of fused-ring (bicyclic) bond motifs is 1. The van der Waals surface area contributed by atoms with Crippen molar-refractivity contribution < 1.29 is 0 Å². The molecular formula is C9H9ClN2. The van der Waals surface area contributed by atoms with E-state index in [2.05, 4.69) is 17.1 Å². The average molecular weight is 181 g/mol. The molecule has 0 aliphatic carbocycles. The molecule has 0 aliphatic rings. The van der Waals surface area contributed by atoms with Crippen LogP contribution in [0.15, 0.2) is 12.3 Å². The van der Waals surface area contributed by atoms with Crippen LogP contribution < -0.4 is 0 Å². The highest BCUT2D eigenvalue weighted by Crippen LogP contribution is 2.26. The summed E-state index contributed by atoms with van der Waals surface area (Å²) in [4.78, 5) is 0. The third kappa shape index (κ3) is 0.916. The molecule has 0 radical (unpaired) electrons. The fourth-order valence-corrected chi connectivity index (χ4v) is 1.64. The van der Waals surface area contributed by atoms with Gasteiger partial charge in [0.2, 0.25) is 0 Å². The summed E-state index contributed by atoms with van der Waals surface area (Å²) in [6.07, 6.45) is 1.81. The van der Waals surface area contributed by atoms with Crippen molar-refractivity contribution in [2.75, 3.05) is 0 Å². The fraction of sp³-hybridized carbons (Fsp3) is 0.222. The molecule has 62 valence electrons. The molecule has 1 aromatic heterocycles. The van der Waals surface area contributed by atoms with E-state index in [1.54, 1.807) is 0 Å². The van der Waals surface area contributed by atoms with Crippen LogP contribution in [-0.2, 0) is 0 Å². The lowest BCUT2D eigenvalue weighted by Crippen LogP contribution is -1.82. The number of halogens is 1. The maximum absolute atomic E-state index is 6.00. The molecule has 0 saturated carbocycles. The summed E-state index contributed by atoms with van der Waals surface area (Å²) >= 11 is 6.00. The van der Waals surface area contributed by atoms with Crippen LogP contribution in [0.4, 0.5) is 0 Å². The summed E-state index contributed by atoms with van der Waals surface area (Å²) in [6.45, 7) is 4.12. The summed E-state index contributed by atoms with van der Waals surface area (Å²) in [5.41, 5.74) is 3.37. The highest BCUT2D eigenvalue weighted by atomic mass is 35.5. The van der Waals surface area contributed by atoms with Crippen molar-refractivity contribution in [1.29, 1.82) is 0 Å². The molecule has 3 heteroatoms. The molecule has 2 nitrogen and oxygen atoms in total. The third-order valence-electron chi connectivity index (χ3n) is 2.22. The van der Waals surface area contributed by atoms with E-state index in [0.717, 1.165) is 15.9 Å². The Kier molecular flexibility index (Phi) is 1.58. The number of H-pyrrole nitrogens is 1. The first kappa shape index (κ1) is 7.62. The van der Waals surface area contributed by atoms with Gasteiger partial charge < -0.3 is 0 Å². The standard InChI is InChI=1S/C9H9ClN2/c1-5-3-8(10)9-7(6(5)2)4-11-12-9/h3-4H,1-2H3,(H,11,12). The van der Waals surface area contributed by atoms with Gasteiger partial charge in [0.1, 0.15) is 0 Å². The normalized spacial score (nSPS) is 10.9. The van der Waals surface area contributed by atoms with Crippen molar-refractivity contribution in [2.24, 2.45) is 0 Å². The Morgan fingerprint density at radius 1 is 1.42 bits per heavy atom. The fourth-order valence-electron chi connectivity index (χ4n) is 1.34. The molecule has 2 rings (SSSR count). The van der Waals surface area contributed by atoms with Crippen molar-refractivity contribution in [2.45, 2.75) is 13.8 Å². The number of benzene rings is 1. The molecule has 12 heavy (non-hydrogen) atoms. The quantitative estimate of drug-likeness (QED) is 0.664. The lowest BCUT2D eigenvalue weighted by Gasteiger charge is -2.01. The van der Waals surface area contributed by atoms with Gasteiger partial charge in [0.25, 0.3) is 0 Å². The van der Waals surface area contributed by atoms with E-state index in [-0.39, 0.29) is 0 Å². The largest absolute Gasteiger partial charge is 0.276 e. The zero-order valence-corrected chi connectivity index (χ0v) is 7.74. The molecule has 0 bridgehead atoms. The summed E-state index contributed by atoms with van der Waals surface area (Å²) < 4.78 is 0. The smallest absolute Gasteiger partial charge is 0.0839 e. The van der Waals surface area contributed by atoms with Crippen LogP contribution in [0.5, 0.6) is 0 Å². The summed E-state index contributed by atoms with van der Waals surface area (Å²) in [5, 5.41) is 8.68. The van der Waals surface area contributed by atoms with E-state index in [1.165, 1.54) is 11.1 Å². The Bertz CT molecular complexity index is 431. The van der Waals surface area contributed by atoms with Gasteiger partial charge in [0.05, 0.1) is 16.7 Å². The van der Waals surface area contributed by atoms with E-state index < -0.39 is 0 Å². The predicted octanol–water partition coefficient (Wildman–Crippen LogP) is 2.83. The monoisotopic (exact) mass is 180 g/mol. The van der Waals surface area contributed by atoms with Crippen molar-refractivity contribution in [3.8, 4) is 0 Å². The lowest BCUT2D eigenvalue weighted by atomic mass is 10.1. The van der Waals surface area contributed by atoms with E-state index >= 15 is 0 Å². The van der Waals surface area contributed by atoms with Gasteiger partial charge in [-0.05, 0) is 31.0 Å². The number of hydrogen-bond donors (Lipinski definition) is 1. The van der Waals surface area contributed by atoms with Gasteiger partial charge in [0.15, 0.2) is 0 Å². The maximum Gasteiger partial charge on any atom is 0.0839 e. The second kappa shape index (κ2) is 2.49. The minimum atomic E-state index is 0.741. The Hall–Kier alpha value is -1.02. The third-order valence-corrected chi connectivity index (χ3v) is 2.52. The highest BCUT2D eigenvalue weighted by molar-refractivity contribution is 6.35. The molecule has 1 heterocycles. The molecule has 1 N–H and O–H groups in total. The first-order chi connectivity index (χ1) is 5.70. The number of nitrogens with one attached hydrogen (secondary N) is 1. The number of aromatic nitrogens is 2. The van der Waals surface area contributed by atoms with Crippen molar-refractivity contribution >= 4 is 22.5 Å². The molecule has 0 atom stereocenters. The molecule has 0 saturated heterocycles. The predicted molar refractivity (Wildman–Crippen MR) is 50.6 cm³/mol. The van der Waals surface area contributed by atoms with Crippen LogP contribution >= 0.6 is 11.6 Å². The summed E-state index contributed by atoms with van der Waals surface area (Å²) in [7, 11) is 0. The van der Waals surface area contributed by atoms with Crippen LogP contribution in [0.2, 0.25) is 5.02 Å². The molecule has 0 amide bonds. The van der Waals surface area contributed by atoms with Gasteiger partial charge in [0, 0.05) is 5.39 Å². The van der Waals surface area contributed by atoms with Crippen LogP contribution in [0, 0.1) is 13.8 Å². The Balaban J connectivity index is 2.97. The zero-order valence-electron chi connectivity index (χ0n) is 6.98. The molecule has 0 unspecified atom stereocenters. The second-order valence-corrected chi connectivity index (χ2v) is 3.37. The molecular weight excluding hydrogens is 172 g/mol. The van der Waals surface area contributed by atoms with Crippen LogP contribution in [0.3, 0.4) is 0 Å². The first-order valence-electron chi connectivity index (χ1n) is 3.79. The van der Waals surface area contributed by atoms with E-state index in [9.17, 15) is 0 Å². The average Bonchev–Trinajstić information content (AvgIpc) is 2.48. The van der Waals surface area contributed by atoms with E-state index in [4.69, 9.17) is 11.6 Å². The van der Waals surface area contributed by atoms with Gasteiger partial charge in [-0.15, -0.1) is 0 Å². The van der Waals surface area contributed by atoms with Gasteiger partial charge >= 0.3 is 0 Å². The van der Waals surface area contributed by atoms with Gasteiger partial charge in [-0.3, -0.25) is 5.10 Å². The molecule has 0 spiro atoms. The van der Waals surface area contributed by atoms with Crippen molar-refractivity contribution in [3.63, 3.8) is 0 Å². The van der Waals surface area contributed by atoms with Crippen LogP contribution in [-0.4, -0.2) is 10.2 Å². The first-order valence-corrected chi connectivity index (χ1v) is 4.16. The van der Waals surface area contributed by atoms with Crippen molar-refractivity contribution in [3.05, 3.63) is 28.4 Å². The Morgan fingerprint density at radius 3 is 2.92 bits per heavy atom. The number of aromatic amines is 1. The number of hydrogen-bond acceptors (Lipinski definition) is 1.